The number of carbonyl (C=O) groups is 2. The van der Waals surface area contributed by atoms with Gasteiger partial charge in [-0.1, -0.05) is 18.2 Å². The summed E-state index contributed by atoms with van der Waals surface area (Å²) in [5.41, 5.74) is -1.25. The van der Waals surface area contributed by atoms with Crippen molar-refractivity contribution in [3.05, 3.63) is 30.3 Å². The van der Waals surface area contributed by atoms with Crippen LogP contribution in [0.15, 0.2) is 30.3 Å². The Morgan fingerprint density at radius 3 is 2.52 bits per heavy atom. The molecule has 1 aromatic carbocycles. The van der Waals surface area contributed by atoms with Crippen LogP contribution in [-0.4, -0.2) is 55.6 Å². The highest BCUT2D eigenvalue weighted by atomic mass is 16.5. The van der Waals surface area contributed by atoms with Crippen molar-refractivity contribution in [2.24, 2.45) is 0 Å². The van der Waals surface area contributed by atoms with E-state index in [0.717, 1.165) is 5.75 Å². The number of aliphatic carboxylic acids is 1. The van der Waals surface area contributed by atoms with Crippen molar-refractivity contribution in [2.45, 2.75) is 18.4 Å². The van der Waals surface area contributed by atoms with Crippen LogP contribution in [0.5, 0.6) is 5.75 Å². The van der Waals surface area contributed by atoms with E-state index in [1.165, 1.54) is 0 Å². The molecule has 126 valence electrons. The van der Waals surface area contributed by atoms with E-state index in [1.54, 1.807) is 0 Å². The average molecular weight is 323 g/mol. The highest BCUT2D eigenvalue weighted by Crippen LogP contribution is 2.20. The smallest absolute Gasteiger partial charge is 0.329 e. The van der Waals surface area contributed by atoms with Crippen LogP contribution in [-0.2, 0) is 19.1 Å². The first-order valence-corrected chi connectivity index (χ1v) is 7.50. The molecule has 1 amide bonds. The second-order valence-electron chi connectivity index (χ2n) is 5.26. The molecule has 1 saturated heterocycles. The van der Waals surface area contributed by atoms with E-state index in [-0.39, 0.29) is 26.1 Å². The number of nitrogens with one attached hydrogen (secondary N) is 1. The highest BCUT2D eigenvalue weighted by molar-refractivity contribution is 5.87. The minimum atomic E-state index is -1.25. The molecule has 0 aromatic heterocycles. The maximum absolute atomic E-state index is 11.9. The molecule has 0 aliphatic carbocycles. The summed E-state index contributed by atoms with van der Waals surface area (Å²) in [6, 6.07) is 9.27. The van der Waals surface area contributed by atoms with Crippen LogP contribution >= 0.6 is 0 Å². The molecule has 0 atom stereocenters. The Hall–Kier alpha value is -2.12. The molecule has 2 rings (SSSR count). The molecule has 7 nitrogen and oxygen atoms in total. The van der Waals surface area contributed by atoms with Crippen molar-refractivity contribution in [1.29, 1.82) is 0 Å². The molecular weight excluding hydrogens is 302 g/mol. The van der Waals surface area contributed by atoms with E-state index in [0.29, 0.717) is 19.8 Å². The van der Waals surface area contributed by atoms with Crippen molar-refractivity contribution < 1.29 is 28.9 Å². The van der Waals surface area contributed by atoms with Crippen molar-refractivity contribution in [3.63, 3.8) is 0 Å². The fourth-order valence-corrected chi connectivity index (χ4v) is 2.32. The van der Waals surface area contributed by atoms with Crippen molar-refractivity contribution >= 4 is 11.9 Å². The van der Waals surface area contributed by atoms with Gasteiger partial charge in [0.05, 0.1) is 6.61 Å². The highest BCUT2D eigenvalue weighted by Gasteiger charge is 2.41. The van der Waals surface area contributed by atoms with Crippen molar-refractivity contribution in [2.75, 3.05) is 33.0 Å². The first-order chi connectivity index (χ1) is 11.1. The molecule has 0 bridgehead atoms. The van der Waals surface area contributed by atoms with Gasteiger partial charge in [0, 0.05) is 26.1 Å². The SMILES string of the molecule is O=C(COCCOc1ccccc1)NC1(C(=O)O)CCOCC1. The summed E-state index contributed by atoms with van der Waals surface area (Å²) >= 11 is 0. The number of carboxylic acids is 1. The maximum Gasteiger partial charge on any atom is 0.329 e. The quantitative estimate of drug-likeness (QED) is 0.688. The van der Waals surface area contributed by atoms with E-state index in [2.05, 4.69) is 5.32 Å². The summed E-state index contributed by atoms with van der Waals surface area (Å²) < 4.78 is 15.8. The Balaban J connectivity index is 1.67. The molecule has 0 spiro atoms. The Morgan fingerprint density at radius 1 is 1.17 bits per heavy atom. The number of ether oxygens (including phenoxy) is 3. The van der Waals surface area contributed by atoms with Gasteiger partial charge in [0.25, 0.3) is 0 Å². The van der Waals surface area contributed by atoms with Gasteiger partial charge in [-0.3, -0.25) is 4.79 Å². The van der Waals surface area contributed by atoms with Gasteiger partial charge in [-0.25, -0.2) is 4.79 Å². The van der Waals surface area contributed by atoms with E-state index in [9.17, 15) is 14.7 Å². The molecule has 1 aliphatic rings. The third-order valence-electron chi connectivity index (χ3n) is 3.61. The molecule has 1 fully saturated rings. The van der Waals surface area contributed by atoms with E-state index in [1.807, 2.05) is 30.3 Å². The van der Waals surface area contributed by atoms with Gasteiger partial charge in [-0.2, -0.15) is 0 Å². The summed E-state index contributed by atoms with van der Waals surface area (Å²) in [5, 5.41) is 11.9. The van der Waals surface area contributed by atoms with Gasteiger partial charge >= 0.3 is 5.97 Å². The zero-order valence-electron chi connectivity index (χ0n) is 12.8. The molecule has 1 aliphatic heterocycles. The summed E-state index contributed by atoms with van der Waals surface area (Å²) in [4.78, 5) is 23.3. The van der Waals surface area contributed by atoms with Gasteiger partial charge < -0.3 is 24.6 Å². The Kier molecular flexibility index (Phi) is 6.37. The van der Waals surface area contributed by atoms with Gasteiger partial charge in [-0.15, -0.1) is 0 Å². The number of carboxylic acid groups (broad SMARTS) is 1. The summed E-state index contributed by atoms with van der Waals surface area (Å²) in [6.45, 7) is 0.992. The number of carbonyl (C=O) groups excluding carboxylic acids is 1. The normalized spacial score (nSPS) is 16.5. The minimum absolute atomic E-state index is 0.200. The van der Waals surface area contributed by atoms with E-state index >= 15 is 0 Å². The Labute approximate surface area is 134 Å². The molecule has 1 aromatic rings. The van der Waals surface area contributed by atoms with Crippen LogP contribution < -0.4 is 10.1 Å². The second kappa shape index (κ2) is 8.50. The fourth-order valence-electron chi connectivity index (χ4n) is 2.32. The van der Waals surface area contributed by atoms with Crippen LogP contribution in [0.4, 0.5) is 0 Å². The van der Waals surface area contributed by atoms with Crippen LogP contribution in [0.2, 0.25) is 0 Å². The zero-order valence-corrected chi connectivity index (χ0v) is 12.8. The van der Waals surface area contributed by atoms with Crippen LogP contribution in [0.3, 0.4) is 0 Å². The summed E-state index contributed by atoms with van der Waals surface area (Å²) in [5.74, 6) is -0.761. The van der Waals surface area contributed by atoms with Crippen LogP contribution in [0, 0.1) is 0 Å². The second-order valence-corrected chi connectivity index (χ2v) is 5.26. The number of rotatable bonds is 8. The molecular formula is C16H21NO6. The van der Waals surface area contributed by atoms with Gasteiger partial charge in [0.15, 0.2) is 0 Å². The predicted octanol–water partition coefficient (Wildman–Crippen LogP) is 0.832. The predicted molar refractivity (Wildman–Crippen MR) is 81.3 cm³/mol. The van der Waals surface area contributed by atoms with E-state index < -0.39 is 17.4 Å². The number of amides is 1. The summed E-state index contributed by atoms with van der Waals surface area (Å²) in [7, 11) is 0. The van der Waals surface area contributed by atoms with Gasteiger partial charge in [0.2, 0.25) is 5.91 Å². The molecule has 0 unspecified atom stereocenters. The lowest BCUT2D eigenvalue weighted by Gasteiger charge is -2.33. The zero-order chi connectivity index (χ0) is 16.5. The standard InChI is InChI=1S/C16H21NO6/c18-14(17-16(15(19)20)6-8-21-9-7-16)12-22-10-11-23-13-4-2-1-3-5-13/h1-5H,6-12H2,(H,17,18)(H,19,20). The molecule has 0 saturated carbocycles. The third kappa shape index (κ3) is 5.22. The Bertz CT molecular complexity index is 513. The molecule has 2 N–H and O–H groups in total. The lowest BCUT2D eigenvalue weighted by atomic mass is 9.90. The average Bonchev–Trinajstić information content (AvgIpc) is 2.56. The first-order valence-electron chi connectivity index (χ1n) is 7.50. The van der Waals surface area contributed by atoms with Crippen molar-refractivity contribution in [1.82, 2.24) is 5.32 Å². The first kappa shape index (κ1) is 17.2. The van der Waals surface area contributed by atoms with E-state index in [4.69, 9.17) is 14.2 Å². The fraction of sp³-hybridized carbons (Fsp3) is 0.500. The molecule has 23 heavy (non-hydrogen) atoms. The lowest BCUT2D eigenvalue weighted by molar-refractivity contribution is -0.152. The third-order valence-corrected chi connectivity index (χ3v) is 3.61. The van der Waals surface area contributed by atoms with Gasteiger partial charge in [0.1, 0.15) is 24.5 Å². The topological polar surface area (TPSA) is 94.1 Å². The largest absolute Gasteiger partial charge is 0.491 e. The molecule has 0 radical (unpaired) electrons. The van der Waals surface area contributed by atoms with Crippen LogP contribution in [0.25, 0.3) is 0 Å². The number of hydrogen-bond donors (Lipinski definition) is 2. The minimum Gasteiger partial charge on any atom is -0.491 e. The molecule has 1 heterocycles. The maximum atomic E-state index is 11.9. The van der Waals surface area contributed by atoms with Crippen molar-refractivity contribution in [3.8, 4) is 5.75 Å². The molecule has 7 heteroatoms. The number of hydrogen-bond acceptors (Lipinski definition) is 5. The Morgan fingerprint density at radius 2 is 1.87 bits per heavy atom. The monoisotopic (exact) mass is 323 g/mol. The van der Waals surface area contributed by atoms with Gasteiger partial charge in [-0.05, 0) is 12.1 Å². The van der Waals surface area contributed by atoms with Crippen LogP contribution in [0.1, 0.15) is 12.8 Å². The summed E-state index contributed by atoms with van der Waals surface area (Å²) in [6.07, 6.45) is 0.510. The lowest BCUT2D eigenvalue weighted by Crippen LogP contribution is -2.58. The number of para-hydroxylation sites is 1. The number of benzene rings is 1.